The number of hydrogen-bond donors (Lipinski definition) is 2. The molecule has 2 N–H and O–H groups in total. The number of rotatable bonds is 14. The van der Waals surface area contributed by atoms with Crippen LogP contribution in [0.15, 0.2) is 12.1 Å². The first kappa shape index (κ1) is 24.7. The molecule has 0 bridgehead atoms. The zero-order chi connectivity index (χ0) is 23.1. The minimum atomic E-state index is -0.470. The lowest BCUT2D eigenvalue weighted by Gasteiger charge is -2.40. The van der Waals surface area contributed by atoms with E-state index in [0.29, 0.717) is 43.3 Å². The van der Waals surface area contributed by atoms with Gasteiger partial charge in [-0.2, -0.15) is 0 Å². The Hall–Kier alpha value is -1.97. The molecule has 9 heteroatoms. The van der Waals surface area contributed by atoms with E-state index in [2.05, 4.69) is 15.2 Å². The number of nitrogens with one attached hydrogen (secondary N) is 1. The number of aliphatic hydroxyl groups excluding tert-OH is 1. The summed E-state index contributed by atoms with van der Waals surface area (Å²) < 4.78 is 28.9. The molecule has 0 spiro atoms. The highest BCUT2D eigenvalue weighted by molar-refractivity contribution is 5.93. The van der Waals surface area contributed by atoms with Crippen LogP contribution >= 0.6 is 0 Å². The Balaban J connectivity index is 1.64. The fourth-order valence-corrected chi connectivity index (χ4v) is 3.89. The molecular formula is C23H36FN3O5. The number of hydrogen-bond acceptors (Lipinski definition) is 7. The molecule has 0 unspecified atom stereocenters. The standard InChI is InChI=1S/C23H36FN3O5/c1-15(2)8-18(12-28)25-22(29)20-4-5-21(27-10-19(11-27)30-3)23(26-20)32-14-17-9-16(17)13-31-7-6-24/h4-5,15-19,28H,6-14H2,1-3H3,(H,25,29)/t16-,17-,18+/m1/s1. The summed E-state index contributed by atoms with van der Waals surface area (Å²) in [5.41, 5.74) is 1.09. The molecule has 3 atom stereocenters. The molecule has 3 rings (SSSR count). The van der Waals surface area contributed by atoms with Crippen molar-refractivity contribution in [2.45, 2.75) is 38.8 Å². The maximum absolute atomic E-state index is 12.7. The van der Waals surface area contributed by atoms with Crippen LogP contribution in [0.3, 0.4) is 0 Å². The number of carbonyl (C=O) groups is 1. The summed E-state index contributed by atoms with van der Waals surface area (Å²) >= 11 is 0. The minimum absolute atomic E-state index is 0.120. The van der Waals surface area contributed by atoms with Crippen molar-refractivity contribution in [3.05, 3.63) is 17.8 Å². The van der Waals surface area contributed by atoms with Crippen LogP contribution in [-0.2, 0) is 9.47 Å². The van der Waals surface area contributed by atoms with Crippen LogP contribution in [0, 0.1) is 17.8 Å². The zero-order valence-corrected chi connectivity index (χ0v) is 19.3. The predicted molar refractivity (Wildman–Crippen MR) is 119 cm³/mol. The highest BCUT2D eigenvalue weighted by Gasteiger charge is 2.38. The second-order valence-corrected chi connectivity index (χ2v) is 9.10. The Morgan fingerprint density at radius 3 is 2.72 bits per heavy atom. The van der Waals surface area contributed by atoms with E-state index < -0.39 is 6.67 Å². The summed E-state index contributed by atoms with van der Waals surface area (Å²) in [6.07, 6.45) is 1.83. The van der Waals surface area contributed by atoms with Crippen molar-refractivity contribution in [2.24, 2.45) is 17.8 Å². The first-order chi connectivity index (χ1) is 15.4. The molecule has 8 nitrogen and oxygen atoms in total. The average Bonchev–Trinajstić information content (AvgIpc) is 3.49. The summed E-state index contributed by atoms with van der Waals surface area (Å²) in [6.45, 7) is 6.13. The maximum atomic E-state index is 12.7. The lowest BCUT2D eigenvalue weighted by molar-refractivity contribution is 0.0781. The monoisotopic (exact) mass is 453 g/mol. The molecule has 1 aliphatic heterocycles. The van der Waals surface area contributed by atoms with E-state index in [0.717, 1.165) is 25.2 Å². The fraction of sp³-hybridized carbons (Fsp3) is 0.739. The number of ether oxygens (including phenoxy) is 3. The van der Waals surface area contributed by atoms with E-state index in [1.54, 1.807) is 13.2 Å². The first-order valence-electron chi connectivity index (χ1n) is 11.4. The van der Waals surface area contributed by atoms with Gasteiger partial charge in [0, 0.05) is 26.8 Å². The summed E-state index contributed by atoms with van der Waals surface area (Å²) in [5.74, 6) is 1.16. The van der Waals surface area contributed by atoms with Gasteiger partial charge in [0.25, 0.3) is 5.91 Å². The Kier molecular flexibility index (Phi) is 9.07. The molecule has 2 fully saturated rings. The Morgan fingerprint density at radius 1 is 1.31 bits per heavy atom. The average molecular weight is 454 g/mol. The fourth-order valence-electron chi connectivity index (χ4n) is 3.89. The van der Waals surface area contributed by atoms with E-state index in [4.69, 9.17) is 14.2 Å². The topological polar surface area (TPSA) is 93.2 Å². The number of pyridine rings is 1. The van der Waals surface area contributed by atoms with Crippen molar-refractivity contribution < 1.29 is 28.5 Å². The van der Waals surface area contributed by atoms with Gasteiger partial charge >= 0.3 is 0 Å². The SMILES string of the molecule is COC1CN(c2ccc(C(=O)N[C@H](CO)CC(C)C)nc2OC[C@H]2C[C@@H]2COCCF)C1. The van der Waals surface area contributed by atoms with Crippen molar-refractivity contribution in [3.63, 3.8) is 0 Å². The van der Waals surface area contributed by atoms with Gasteiger partial charge in [-0.15, -0.1) is 0 Å². The molecule has 1 amide bonds. The number of carbonyl (C=O) groups excluding carboxylic acids is 1. The number of methoxy groups -OCH3 is 1. The molecule has 2 aliphatic rings. The molecule has 2 heterocycles. The number of amides is 1. The van der Waals surface area contributed by atoms with Gasteiger partial charge in [0.15, 0.2) is 0 Å². The minimum Gasteiger partial charge on any atom is -0.476 e. The van der Waals surface area contributed by atoms with Gasteiger partial charge in [0.05, 0.1) is 32.0 Å². The molecule has 0 aromatic carbocycles. The molecule has 180 valence electrons. The van der Waals surface area contributed by atoms with Gasteiger partial charge in [-0.1, -0.05) is 13.8 Å². The molecule has 32 heavy (non-hydrogen) atoms. The number of nitrogens with zero attached hydrogens (tertiary/aromatic N) is 2. The lowest BCUT2D eigenvalue weighted by atomic mass is 10.0. The van der Waals surface area contributed by atoms with Gasteiger partial charge in [0.2, 0.25) is 5.88 Å². The van der Waals surface area contributed by atoms with Crippen LogP contribution in [0.4, 0.5) is 10.1 Å². The Bertz CT molecular complexity index is 744. The summed E-state index contributed by atoms with van der Waals surface area (Å²) in [5, 5.41) is 12.4. The van der Waals surface area contributed by atoms with E-state index >= 15 is 0 Å². The largest absolute Gasteiger partial charge is 0.476 e. The van der Waals surface area contributed by atoms with E-state index in [1.165, 1.54) is 0 Å². The Labute approximate surface area is 189 Å². The third-order valence-corrected chi connectivity index (χ3v) is 5.96. The Morgan fingerprint density at radius 2 is 2.06 bits per heavy atom. The third kappa shape index (κ3) is 6.76. The number of anilines is 1. The molecule has 1 aromatic rings. The number of aliphatic hydroxyl groups is 1. The second-order valence-electron chi connectivity index (χ2n) is 9.10. The van der Waals surface area contributed by atoms with Gasteiger partial charge in [-0.3, -0.25) is 4.79 Å². The molecule has 1 saturated carbocycles. The molecule has 1 aromatic heterocycles. The molecule has 1 aliphatic carbocycles. The lowest BCUT2D eigenvalue weighted by Crippen LogP contribution is -2.52. The predicted octanol–water partition coefficient (Wildman–Crippen LogP) is 2.05. The number of aromatic nitrogens is 1. The van der Waals surface area contributed by atoms with E-state index in [1.807, 2.05) is 19.9 Å². The van der Waals surface area contributed by atoms with Gasteiger partial charge in [-0.25, -0.2) is 9.37 Å². The number of halogens is 1. The molecule has 0 radical (unpaired) electrons. The maximum Gasteiger partial charge on any atom is 0.270 e. The highest BCUT2D eigenvalue weighted by atomic mass is 19.1. The van der Waals surface area contributed by atoms with E-state index in [9.17, 15) is 14.3 Å². The van der Waals surface area contributed by atoms with Crippen molar-refractivity contribution in [3.8, 4) is 5.88 Å². The molecular weight excluding hydrogens is 417 g/mol. The van der Waals surface area contributed by atoms with Crippen LogP contribution in [0.5, 0.6) is 5.88 Å². The second kappa shape index (κ2) is 11.8. The summed E-state index contributed by atoms with van der Waals surface area (Å²) in [7, 11) is 1.69. The van der Waals surface area contributed by atoms with Crippen molar-refractivity contribution in [1.82, 2.24) is 10.3 Å². The third-order valence-electron chi connectivity index (χ3n) is 5.96. The summed E-state index contributed by atoms with van der Waals surface area (Å²) in [4.78, 5) is 19.4. The zero-order valence-electron chi connectivity index (χ0n) is 19.3. The van der Waals surface area contributed by atoms with Gasteiger partial charge in [-0.05, 0) is 42.7 Å². The summed E-state index contributed by atoms with van der Waals surface area (Å²) in [6, 6.07) is 3.23. The first-order valence-corrected chi connectivity index (χ1v) is 11.4. The number of alkyl halides is 1. The van der Waals surface area contributed by atoms with Gasteiger partial charge < -0.3 is 29.5 Å². The van der Waals surface area contributed by atoms with Crippen LogP contribution in [-0.4, -0.2) is 81.4 Å². The van der Waals surface area contributed by atoms with Crippen molar-refractivity contribution >= 4 is 11.6 Å². The van der Waals surface area contributed by atoms with Crippen molar-refractivity contribution in [1.29, 1.82) is 0 Å². The van der Waals surface area contributed by atoms with Crippen LogP contribution in [0.2, 0.25) is 0 Å². The van der Waals surface area contributed by atoms with Gasteiger partial charge in [0.1, 0.15) is 18.1 Å². The van der Waals surface area contributed by atoms with Crippen LogP contribution in [0.25, 0.3) is 0 Å². The normalized spacial score (nSPS) is 21.4. The quantitative estimate of drug-likeness (QED) is 0.417. The molecule has 1 saturated heterocycles. The van der Waals surface area contributed by atoms with E-state index in [-0.39, 0.29) is 37.0 Å². The smallest absolute Gasteiger partial charge is 0.270 e. The van der Waals surface area contributed by atoms with Crippen molar-refractivity contribution in [2.75, 3.05) is 58.2 Å². The highest BCUT2D eigenvalue weighted by Crippen LogP contribution is 2.40. The van der Waals surface area contributed by atoms with Crippen LogP contribution < -0.4 is 15.0 Å². The van der Waals surface area contributed by atoms with Crippen LogP contribution in [0.1, 0.15) is 37.2 Å².